The van der Waals surface area contributed by atoms with Gasteiger partial charge in [-0.25, -0.2) is 4.79 Å². The van der Waals surface area contributed by atoms with Crippen molar-refractivity contribution >= 4 is 17.0 Å². The van der Waals surface area contributed by atoms with Crippen LogP contribution < -0.4 is 5.32 Å². The van der Waals surface area contributed by atoms with E-state index >= 15 is 0 Å². The topological polar surface area (TPSA) is 65.7 Å². The molecule has 0 aliphatic carbocycles. The number of likely N-dealkylation sites (tertiary alicyclic amines) is 1. The van der Waals surface area contributed by atoms with Gasteiger partial charge in [-0.1, -0.05) is 18.2 Å². The molecule has 2 aromatic rings. The Kier molecular flexibility index (Phi) is 4.07. The molecule has 2 heterocycles. The fourth-order valence-electron chi connectivity index (χ4n) is 3.23. The number of hydrogen-bond acceptors (Lipinski definition) is 3. The summed E-state index contributed by atoms with van der Waals surface area (Å²) in [6, 6.07) is 7.46. The van der Waals surface area contributed by atoms with Gasteiger partial charge in [0, 0.05) is 17.5 Å². The monoisotopic (exact) mass is 302 g/mol. The molecule has 2 N–H and O–H groups in total. The van der Waals surface area contributed by atoms with E-state index in [0.29, 0.717) is 6.54 Å². The van der Waals surface area contributed by atoms with Crippen LogP contribution in [0.1, 0.15) is 37.1 Å². The van der Waals surface area contributed by atoms with Crippen molar-refractivity contribution in [1.82, 2.24) is 10.2 Å². The second-order valence-electron chi connectivity index (χ2n) is 5.93. The maximum atomic E-state index is 12.4. The average Bonchev–Trinajstić information content (AvgIpc) is 3.12. The minimum atomic E-state index is -0.208. The first-order valence-corrected chi connectivity index (χ1v) is 7.78. The summed E-state index contributed by atoms with van der Waals surface area (Å²) in [5, 5.41) is 13.4. The third-order valence-corrected chi connectivity index (χ3v) is 4.46. The van der Waals surface area contributed by atoms with E-state index in [2.05, 4.69) is 5.32 Å². The van der Waals surface area contributed by atoms with Crippen molar-refractivity contribution in [3.63, 3.8) is 0 Å². The van der Waals surface area contributed by atoms with Gasteiger partial charge in [0.2, 0.25) is 0 Å². The van der Waals surface area contributed by atoms with Crippen LogP contribution in [0.3, 0.4) is 0 Å². The third kappa shape index (κ3) is 2.57. The van der Waals surface area contributed by atoms with Gasteiger partial charge in [0.05, 0.1) is 18.7 Å². The summed E-state index contributed by atoms with van der Waals surface area (Å²) >= 11 is 0. The molecule has 5 nitrogen and oxygen atoms in total. The Balaban J connectivity index is 1.77. The molecule has 3 rings (SSSR count). The highest BCUT2D eigenvalue weighted by Gasteiger charge is 2.29. The van der Waals surface area contributed by atoms with Crippen molar-refractivity contribution in [2.75, 3.05) is 13.2 Å². The zero-order valence-electron chi connectivity index (χ0n) is 13.0. The predicted molar refractivity (Wildman–Crippen MR) is 84.7 cm³/mol. The number of aliphatic hydroxyl groups is 1. The van der Waals surface area contributed by atoms with E-state index < -0.39 is 0 Å². The molecule has 0 radical (unpaired) electrons. The Morgan fingerprint density at radius 3 is 3.00 bits per heavy atom. The van der Waals surface area contributed by atoms with Crippen LogP contribution in [0.15, 0.2) is 28.7 Å². The molecule has 1 fully saturated rings. The number of carbonyl (C=O) groups is 1. The van der Waals surface area contributed by atoms with Crippen molar-refractivity contribution in [1.29, 1.82) is 0 Å². The summed E-state index contributed by atoms with van der Waals surface area (Å²) in [6.07, 6.45) is 1.80. The van der Waals surface area contributed by atoms with Crippen LogP contribution in [-0.4, -0.2) is 35.2 Å². The molecule has 22 heavy (non-hydrogen) atoms. The summed E-state index contributed by atoms with van der Waals surface area (Å²) in [4.78, 5) is 14.1. The van der Waals surface area contributed by atoms with Gasteiger partial charge in [-0.05, 0) is 32.8 Å². The summed E-state index contributed by atoms with van der Waals surface area (Å²) < 4.78 is 5.89. The van der Waals surface area contributed by atoms with Gasteiger partial charge in [0.15, 0.2) is 0 Å². The second kappa shape index (κ2) is 6.01. The van der Waals surface area contributed by atoms with E-state index in [0.717, 1.165) is 35.1 Å². The fraction of sp³-hybridized carbons (Fsp3) is 0.471. The number of aryl methyl sites for hydroxylation is 1. The first kappa shape index (κ1) is 14.9. The third-order valence-electron chi connectivity index (χ3n) is 4.46. The molecule has 0 saturated carbocycles. The molecule has 2 amide bonds. The standard InChI is InChI=1S/C17H22N2O3/c1-11-14-7-3-4-8-15(14)22-16(11)12(2)18-17(21)19-9-5-6-13(19)10-20/h3-4,7-8,12-13,20H,5-6,9-10H2,1-2H3,(H,18,21)/t12?,13-/m0/s1. The molecule has 118 valence electrons. The zero-order chi connectivity index (χ0) is 15.7. The fourth-order valence-corrected chi connectivity index (χ4v) is 3.23. The van der Waals surface area contributed by atoms with Crippen LogP contribution in [0.4, 0.5) is 4.79 Å². The number of fused-ring (bicyclic) bond motifs is 1. The minimum absolute atomic E-state index is 0.0193. The summed E-state index contributed by atoms with van der Waals surface area (Å²) in [6.45, 7) is 4.65. The number of amides is 2. The SMILES string of the molecule is Cc1c(C(C)NC(=O)N2CCC[C@H]2CO)oc2ccccc12. The van der Waals surface area contributed by atoms with E-state index in [4.69, 9.17) is 4.42 Å². The number of carbonyl (C=O) groups excluding carboxylic acids is 1. The lowest BCUT2D eigenvalue weighted by molar-refractivity contribution is 0.154. The molecule has 1 aromatic heterocycles. The van der Waals surface area contributed by atoms with Crippen molar-refractivity contribution in [3.8, 4) is 0 Å². The lowest BCUT2D eigenvalue weighted by Gasteiger charge is -2.25. The van der Waals surface area contributed by atoms with Gasteiger partial charge in [0.25, 0.3) is 0 Å². The number of rotatable bonds is 3. The quantitative estimate of drug-likeness (QED) is 0.916. The number of para-hydroxylation sites is 1. The molecule has 1 saturated heterocycles. The maximum Gasteiger partial charge on any atom is 0.318 e. The van der Waals surface area contributed by atoms with Crippen LogP contribution in [0.2, 0.25) is 0 Å². The summed E-state index contributed by atoms with van der Waals surface area (Å²) in [7, 11) is 0. The molecule has 1 aliphatic rings. The van der Waals surface area contributed by atoms with Gasteiger partial charge >= 0.3 is 6.03 Å². The van der Waals surface area contributed by atoms with E-state index in [9.17, 15) is 9.90 Å². The Morgan fingerprint density at radius 2 is 2.27 bits per heavy atom. The molecule has 1 unspecified atom stereocenters. The van der Waals surface area contributed by atoms with Crippen molar-refractivity contribution in [2.24, 2.45) is 0 Å². The Labute approximate surface area is 129 Å². The first-order chi connectivity index (χ1) is 10.6. The second-order valence-corrected chi connectivity index (χ2v) is 5.93. The lowest BCUT2D eigenvalue weighted by atomic mass is 10.1. The Hall–Kier alpha value is -2.01. The maximum absolute atomic E-state index is 12.4. The normalized spacial score (nSPS) is 19.6. The number of furan rings is 1. The van der Waals surface area contributed by atoms with Crippen molar-refractivity contribution < 1.29 is 14.3 Å². The van der Waals surface area contributed by atoms with Crippen LogP contribution in [-0.2, 0) is 0 Å². The van der Waals surface area contributed by atoms with Crippen LogP contribution in [0, 0.1) is 6.92 Å². The van der Waals surface area contributed by atoms with E-state index in [1.807, 2.05) is 38.1 Å². The van der Waals surface area contributed by atoms with E-state index in [1.165, 1.54) is 0 Å². The van der Waals surface area contributed by atoms with Gasteiger partial charge in [-0.2, -0.15) is 0 Å². The van der Waals surface area contributed by atoms with Crippen LogP contribution >= 0.6 is 0 Å². The number of nitrogens with one attached hydrogen (secondary N) is 1. The predicted octanol–water partition coefficient (Wildman–Crippen LogP) is 2.97. The van der Waals surface area contributed by atoms with Crippen molar-refractivity contribution in [2.45, 2.75) is 38.8 Å². The smallest absolute Gasteiger partial charge is 0.318 e. The average molecular weight is 302 g/mol. The molecule has 5 heteroatoms. The highest BCUT2D eigenvalue weighted by atomic mass is 16.3. The summed E-state index contributed by atoms with van der Waals surface area (Å²) in [5.41, 5.74) is 1.90. The van der Waals surface area contributed by atoms with Crippen LogP contribution in [0.25, 0.3) is 11.0 Å². The molecule has 0 bridgehead atoms. The van der Waals surface area contributed by atoms with Crippen LogP contribution in [0.5, 0.6) is 0 Å². The highest BCUT2D eigenvalue weighted by Crippen LogP contribution is 2.29. The molecule has 0 spiro atoms. The van der Waals surface area contributed by atoms with Gasteiger partial charge in [0.1, 0.15) is 11.3 Å². The molecule has 1 aliphatic heterocycles. The van der Waals surface area contributed by atoms with Gasteiger partial charge < -0.3 is 19.7 Å². The van der Waals surface area contributed by atoms with Gasteiger partial charge in [-0.3, -0.25) is 0 Å². The largest absolute Gasteiger partial charge is 0.459 e. The number of hydrogen-bond donors (Lipinski definition) is 2. The highest BCUT2D eigenvalue weighted by molar-refractivity contribution is 5.82. The van der Waals surface area contributed by atoms with E-state index in [1.54, 1.807) is 4.90 Å². The Morgan fingerprint density at radius 1 is 1.50 bits per heavy atom. The van der Waals surface area contributed by atoms with Gasteiger partial charge in [-0.15, -0.1) is 0 Å². The number of nitrogens with zero attached hydrogens (tertiary/aromatic N) is 1. The van der Waals surface area contributed by atoms with E-state index in [-0.39, 0.29) is 24.7 Å². The zero-order valence-corrected chi connectivity index (χ0v) is 13.0. The van der Waals surface area contributed by atoms with Crippen molar-refractivity contribution in [3.05, 3.63) is 35.6 Å². The number of benzene rings is 1. The number of aliphatic hydroxyl groups excluding tert-OH is 1. The molecule has 2 atom stereocenters. The molecular weight excluding hydrogens is 280 g/mol. The first-order valence-electron chi connectivity index (χ1n) is 7.78. The summed E-state index contributed by atoms with van der Waals surface area (Å²) in [5.74, 6) is 0.786. The number of urea groups is 1. The molecular formula is C17H22N2O3. The minimum Gasteiger partial charge on any atom is -0.459 e. The Bertz CT molecular complexity index is 680. The molecule has 1 aromatic carbocycles. The lowest BCUT2D eigenvalue weighted by Crippen LogP contribution is -2.44.